The average molecular weight is 455 g/mol. The first-order valence-corrected chi connectivity index (χ1v) is 10.6. The first kappa shape index (κ1) is 20.5. The Balaban J connectivity index is 1.45. The molecule has 150 valence electrons. The summed E-state index contributed by atoms with van der Waals surface area (Å²) in [6.07, 6.45) is 1.82. The molecule has 0 bridgehead atoms. The molecule has 3 aromatic carbocycles. The summed E-state index contributed by atoms with van der Waals surface area (Å²) in [5.74, 6) is 0.540. The van der Waals surface area contributed by atoms with E-state index >= 15 is 0 Å². The fraction of sp³-hybridized carbons (Fsp3) is 0.0435. The monoisotopic (exact) mass is 454 g/mol. The number of amidine groups is 1. The quantitative estimate of drug-likeness (QED) is 0.449. The summed E-state index contributed by atoms with van der Waals surface area (Å²) >= 11 is 13.1. The number of halogens is 2. The van der Waals surface area contributed by atoms with E-state index in [0.717, 1.165) is 22.6 Å². The predicted molar refractivity (Wildman–Crippen MR) is 124 cm³/mol. The van der Waals surface area contributed by atoms with E-state index in [1.165, 1.54) is 11.8 Å². The molecule has 1 amide bonds. The second-order valence-electron chi connectivity index (χ2n) is 6.45. The van der Waals surface area contributed by atoms with Crippen molar-refractivity contribution >= 4 is 57.8 Å². The molecule has 1 N–H and O–H groups in total. The Hall–Kier alpha value is -2.73. The van der Waals surface area contributed by atoms with Crippen LogP contribution < -0.4 is 10.1 Å². The Bertz CT molecular complexity index is 1130. The third kappa shape index (κ3) is 5.45. The van der Waals surface area contributed by atoms with Gasteiger partial charge in [-0.05, 0) is 77.5 Å². The highest BCUT2D eigenvalue weighted by Gasteiger charge is 2.23. The van der Waals surface area contributed by atoms with Crippen LogP contribution in [0.15, 0.2) is 82.7 Å². The maximum Gasteiger partial charge on any atom is 0.264 e. The Labute approximate surface area is 188 Å². The van der Waals surface area contributed by atoms with Crippen LogP contribution in [0.5, 0.6) is 5.75 Å². The maximum atomic E-state index is 12.3. The zero-order chi connectivity index (χ0) is 20.9. The number of carbonyl (C=O) groups excluding carboxylic acids is 1. The van der Waals surface area contributed by atoms with Crippen LogP contribution in [0.4, 0.5) is 5.69 Å². The molecule has 7 heteroatoms. The summed E-state index contributed by atoms with van der Waals surface area (Å²) in [5.41, 5.74) is 2.62. The summed E-state index contributed by atoms with van der Waals surface area (Å²) in [7, 11) is 0. The Kier molecular flexibility index (Phi) is 6.43. The molecule has 0 radical (unpaired) electrons. The fourth-order valence-electron chi connectivity index (χ4n) is 2.71. The molecule has 0 saturated carbocycles. The minimum Gasteiger partial charge on any atom is -0.489 e. The molecule has 1 saturated heterocycles. The van der Waals surface area contributed by atoms with E-state index in [-0.39, 0.29) is 5.91 Å². The summed E-state index contributed by atoms with van der Waals surface area (Å²) < 4.78 is 5.86. The molecule has 0 spiro atoms. The summed E-state index contributed by atoms with van der Waals surface area (Å²) in [4.78, 5) is 17.3. The molecule has 30 heavy (non-hydrogen) atoms. The van der Waals surface area contributed by atoms with Crippen LogP contribution in [0, 0.1) is 0 Å². The SMILES string of the molecule is O=C1NC(=Nc2ccc(Cl)cc2)S/C1=C\c1cccc(OCc2ccc(Cl)cc2)c1. The molecular formula is C23H16Cl2N2O2S. The van der Waals surface area contributed by atoms with E-state index in [0.29, 0.717) is 26.7 Å². The van der Waals surface area contributed by atoms with E-state index in [2.05, 4.69) is 10.3 Å². The van der Waals surface area contributed by atoms with E-state index in [1.807, 2.05) is 54.6 Å². The van der Waals surface area contributed by atoms with E-state index in [9.17, 15) is 4.79 Å². The minimum atomic E-state index is -0.180. The summed E-state index contributed by atoms with van der Waals surface area (Å²) in [6, 6.07) is 22.2. The normalized spacial score (nSPS) is 16.1. The molecule has 1 aliphatic heterocycles. The van der Waals surface area contributed by atoms with E-state index in [1.54, 1.807) is 24.3 Å². The Morgan fingerprint density at radius 1 is 0.967 bits per heavy atom. The predicted octanol–water partition coefficient (Wildman–Crippen LogP) is 6.46. The van der Waals surface area contributed by atoms with Crippen molar-refractivity contribution in [3.63, 3.8) is 0 Å². The maximum absolute atomic E-state index is 12.3. The fourth-order valence-corrected chi connectivity index (χ4v) is 3.80. The number of nitrogens with zero attached hydrogens (tertiary/aromatic N) is 1. The lowest BCUT2D eigenvalue weighted by Crippen LogP contribution is -2.19. The van der Waals surface area contributed by atoms with Gasteiger partial charge in [-0.2, -0.15) is 0 Å². The van der Waals surface area contributed by atoms with Gasteiger partial charge in [-0.3, -0.25) is 4.79 Å². The minimum absolute atomic E-state index is 0.180. The van der Waals surface area contributed by atoms with Crippen molar-refractivity contribution in [1.82, 2.24) is 5.32 Å². The molecule has 0 aliphatic carbocycles. The first-order chi connectivity index (χ1) is 14.5. The van der Waals surface area contributed by atoms with Crippen LogP contribution in [0.25, 0.3) is 6.08 Å². The lowest BCUT2D eigenvalue weighted by atomic mass is 10.2. The van der Waals surface area contributed by atoms with Gasteiger partial charge >= 0.3 is 0 Å². The van der Waals surface area contributed by atoms with E-state index in [4.69, 9.17) is 27.9 Å². The van der Waals surface area contributed by atoms with Crippen LogP contribution in [0.2, 0.25) is 10.0 Å². The molecule has 0 atom stereocenters. The van der Waals surface area contributed by atoms with Gasteiger partial charge in [-0.25, -0.2) is 4.99 Å². The van der Waals surface area contributed by atoms with E-state index < -0.39 is 0 Å². The number of nitrogens with one attached hydrogen (secondary N) is 1. The second-order valence-corrected chi connectivity index (χ2v) is 8.35. The standard InChI is InChI=1S/C23H16Cl2N2O2S/c24-17-6-4-15(5-7-17)14-29-20-3-1-2-16(12-20)13-21-22(28)27-23(30-21)26-19-10-8-18(25)9-11-19/h1-13H,14H2,(H,26,27,28)/b21-13-. The number of rotatable bonds is 5. The summed E-state index contributed by atoms with van der Waals surface area (Å²) in [5, 5.41) is 4.65. The van der Waals surface area contributed by atoms with Gasteiger partial charge < -0.3 is 10.1 Å². The van der Waals surface area contributed by atoms with Gasteiger partial charge in [0.05, 0.1) is 10.6 Å². The molecule has 1 heterocycles. The van der Waals surface area contributed by atoms with Crippen molar-refractivity contribution in [3.05, 3.63) is 98.9 Å². The van der Waals surface area contributed by atoms with Crippen LogP contribution in [0.3, 0.4) is 0 Å². The van der Waals surface area contributed by atoms with Crippen molar-refractivity contribution in [1.29, 1.82) is 0 Å². The zero-order valence-corrected chi connectivity index (χ0v) is 18.0. The van der Waals surface area contributed by atoms with Gasteiger partial charge in [0.15, 0.2) is 5.17 Å². The van der Waals surface area contributed by atoms with Gasteiger partial charge in [-0.15, -0.1) is 0 Å². The number of hydrogen-bond acceptors (Lipinski definition) is 4. The van der Waals surface area contributed by atoms with Crippen molar-refractivity contribution in [2.24, 2.45) is 4.99 Å². The van der Waals surface area contributed by atoms with Gasteiger partial charge in [0.25, 0.3) is 5.91 Å². The van der Waals surface area contributed by atoms with Crippen molar-refractivity contribution < 1.29 is 9.53 Å². The smallest absolute Gasteiger partial charge is 0.264 e. The highest BCUT2D eigenvalue weighted by atomic mass is 35.5. The van der Waals surface area contributed by atoms with Crippen LogP contribution in [-0.4, -0.2) is 11.1 Å². The average Bonchev–Trinajstić information content (AvgIpc) is 3.08. The Morgan fingerprint density at radius 3 is 2.40 bits per heavy atom. The molecule has 3 aromatic rings. The van der Waals surface area contributed by atoms with Crippen molar-refractivity contribution in [2.75, 3.05) is 0 Å². The molecule has 1 fully saturated rings. The van der Waals surface area contributed by atoms with Crippen molar-refractivity contribution in [3.8, 4) is 5.75 Å². The Morgan fingerprint density at radius 2 is 1.67 bits per heavy atom. The number of thioether (sulfide) groups is 1. The molecular weight excluding hydrogens is 439 g/mol. The second kappa shape index (κ2) is 9.39. The third-order valence-electron chi connectivity index (χ3n) is 4.18. The number of ether oxygens (including phenoxy) is 1. The van der Waals surface area contributed by atoms with Gasteiger partial charge in [-0.1, -0.05) is 47.5 Å². The number of aliphatic imine (C=N–C) groups is 1. The third-order valence-corrected chi connectivity index (χ3v) is 5.60. The topological polar surface area (TPSA) is 50.7 Å². The molecule has 0 aromatic heterocycles. The molecule has 4 nitrogen and oxygen atoms in total. The van der Waals surface area contributed by atoms with Gasteiger partial charge in [0, 0.05) is 10.0 Å². The molecule has 1 aliphatic rings. The van der Waals surface area contributed by atoms with Gasteiger partial charge in [0.1, 0.15) is 12.4 Å². The largest absolute Gasteiger partial charge is 0.489 e. The lowest BCUT2D eigenvalue weighted by molar-refractivity contribution is -0.115. The number of amides is 1. The van der Waals surface area contributed by atoms with Gasteiger partial charge in [0.2, 0.25) is 0 Å². The highest BCUT2D eigenvalue weighted by Crippen LogP contribution is 2.29. The lowest BCUT2D eigenvalue weighted by Gasteiger charge is -2.07. The van der Waals surface area contributed by atoms with Crippen molar-refractivity contribution in [2.45, 2.75) is 6.61 Å². The first-order valence-electron chi connectivity index (χ1n) is 9.08. The highest BCUT2D eigenvalue weighted by molar-refractivity contribution is 8.18. The number of hydrogen-bond donors (Lipinski definition) is 1. The van der Waals surface area contributed by atoms with Crippen LogP contribution in [0.1, 0.15) is 11.1 Å². The number of benzene rings is 3. The van der Waals surface area contributed by atoms with Crippen LogP contribution in [-0.2, 0) is 11.4 Å². The molecule has 0 unspecified atom stereocenters. The molecule has 4 rings (SSSR count). The van der Waals surface area contributed by atoms with Crippen LogP contribution >= 0.6 is 35.0 Å². The number of carbonyl (C=O) groups is 1. The summed E-state index contributed by atoms with van der Waals surface area (Å²) in [6.45, 7) is 0.435. The zero-order valence-electron chi connectivity index (χ0n) is 15.6.